The van der Waals surface area contributed by atoms with E-state index in [4.69, 9.17) is 4.74 Å². The van der Waals surface area contributed by atoms with Crippen LogP contribution in [0.3, 0.4) is 0 Å². The van der Waals surface area contributed by atoms with Crippen LogP contribution < -0.4 is 0 Å². The van der Waals surface area contributed by atoms with Crippen molar-refractivity contribution in [2.24, 2.45) is 5.92 Å². The molecule has 0 N–H and O–H groups in total. The molecule has 2 nitrogen and oxygen atoms in total. The van der Waals surface area contributed by atoms with E-state index in [9.17, 15) is 4.79 Å². The number of rotatable bonds is 9. The molecular weight excluding hydrogens is 296 g/mol. The van der Waals surface area contributed by atoms with E-state index in [2.05, 4.69) is 26.0 Å². The first-order chi connectivity index (χ1) is 11.7. The molecule has 0 spiro atoms. The van der Waals surface area contributed by atoms with Gasteiger partial charge in [-0.15, -0.1) is 0 Å². The second-order valence-electron chi connectivity index (χ2n) is 7.32. The predicted molar refractivity (Wildman–Crippen MR) is 100 cm³/mol. The molecule has 1 aromatic carbocycles. The van der Waals surface area contributed by atoms with Crippen LogP contribution in [0.1, 0.15) is 99.9 Å². The van der Waals surface area contributed by atoms with E-state index in [1.165, 1.54) is 50.5 Å². The maximum absolute atomic E-state index is 12.0. The first-order valence-electron chi connectivity index (χ1n) is 10.0. The van der Waals surface area contributed by atoms with E-state index < -0.39 is 0 Å². The van der Waals surface area contributed by atoms with Crippen LogP contribution in [0.2, 0.25) is 0 Å². The lowest BCUT2D eigenvalue weighted by Crippen LogP contribution is -2.13. The zero-order chi connectivity index (χ0) is 17.2. The number of ether oxygens (including phenoxy) is 1. The van der Waals surface area contributed by atoms with Crippen molar-refractivity contribution in [1.29, 1.82) is 0 Å². The molecule has 0 saturated heterocycles. The zero-order valence-electron chi connectivity index (χ0n) is 15.6. The van der Waals surface area contributed by atoms with Crippen molar-refractivity contribution >= 4 is 5.97 Å². The SMILES string of the molecule is CCCCCOC(=O)c1ccc(C2CCC(CCCC)CC2)cc1. The van der Waals surface area contributed by atoms with Crippen molar-refractivity contribution < 1.29 is 9.53 Å². The molecule has 134 valence electrons. The van der Waals surface area contributed by atoms with Crippen molar-refractivity contribution in [3.63, 3.8) is 0 Å². The van der Waals surface area contributed by atoms with Crippen LogP contribution in [-0.2, 0) is 4.74 Å². The normalized spacial score (nSPS) is 20.8. The van der Waals surface area contributed by atoms with Crippen LogP contribution in [0.5, 0.6) is 0 Å². The van der Waals surface area contributed by atoms with Crippen molar-refractivity contribution in [1.82, 2.24) is 0 Å². The first-order valence-corrected chi connectivity index (χ1v) is 10.0. The summed E-state index contributed by atoms with van der Waals surface area (Å²) in [6, 6.07) is 8.17. The quantitative estimate of drug-likeness (QED) is 0.381. The summed E-state index contributed by atoms with van der Waals surface area (Å²) in [5, 5.41) is 0. The highest BCUT2D eigenvalue weighted by Gasteiger charge is 2.22. The lowest BCUT2D eigenvalue weighted by molar-refractivity contribution is 0.0498. The molecule has 0 amide bonds. The zero-order valence-corrected chi connectivity index (χ0v) is 15.6. The summed E-state index contributed by atoms with van der Waals surface area (Å²) in [7, 11) is 0. The average Bonchev–Trinajstić information content (AvgIpc) is 2.64. The lowest BCUT2D eigenvalue weighted by atomic mass is 9.77. The molecule has 0 unspecified atom stereocenters. The minimum atomic E-state index is -0.180. The summed E-state index contributed by atoms with van der Waals surface area (Å²) in [6.45, 7) is 4.97. The molecule has 1 aliphatic carbocycles. The van der Waals surface area contributed by atoms with E-state index in [1.807, 2.05) is 12.1 Å². The fourth-order valence-corrected chi connectivity index (χ4v) is 3.77. The van der Waals surface area contributed by atoms with Gasteiger partial charge in [0.25, 0.3) is 0 Å². The summed E-state index contributed by atoms with van der Waals surface area (Å²) < 4.78 is 5.33. The molecule has 0 aromatic heterocycles. The van der Waals surface area contributed by atoms with Gasteiger partial charge in [0.2, 0.25) is 0 Å². The van der Waals surface area contributed by atoms with Crippen LogP contribution in [0.4, 0.5) is 0 Å². The van der Waals surface area contributed by atoms with Crippen molar-refractivity contribution in [3.8, 4) is 0 Å². The fraction of sp³-hybridized carbons (Fsp3) is 0.682. The van der Waals surface area contributed by atoms with E-state index in [0.717, 1.165) is 25.2 Å². The van der Waals surface area contributed by atoms with Crippen LogP contribution >= 0.6 is 0 Å². The molecule has 0 aliphatic heterocycles. The van der Waals surface area contributed by atoms with Gasteiger partial charge in [-0.3, -0.25) is 0 Å². The molecule has 2 heteroatoms. The Kier molecular flexibility index (Phi) is 8.35. The van der Waals surface area contributed by atoms with E-state index >= 15 is 0 Å². The Hall–Kier alpha value is -1.31. The highest BCUT2D eigenvalue weighted by molar-refractivity contribution is 5.89. The van der Waals surface area contributed by atoms with E-state index in [1.54, 1.807) is 0 Å². The number of unbranched alkanes of at least 4 members (excludes halogenated alkanes) is 3. The highest BCUT2D eigenvalue weighted by Crippen LogP contribution is 2.37. The van der Waals surface area contributed by atoms with Crippen molar-refractivity contribution in [3.05, 3.63) is 35.4 Å². The number of benzene rings is 1. The maximum atomic E-state index is 12.0. The molecule has 24 heavy (non-hydrogen) atoms. The second-order valence-corrected chi connectivity index (χ2v) is 7.32. The Bertz CT molecular complexity index is 469. The predicted octanol–water partition coefficient (Wildman–Crippen LogP) is 6.50. The van der Waals surface area contributed by atoms with Gasteiger partial charge in [-0.1, -0.05) is 58.1 Å². The molecule has 2 rings (SSSR count). The standard InChI is InChI=1S/C22H34O2/c1-3-5-7-17-24-22(23)21-15-13-20(14-16-21)19-11-9-18(10-12-19)8-6-4-2/h13-16,18-19H,3-12,17H2,1-2H3. The molecular formula is C22H34O2. The molecule has 0 heterocycles. The van der Waals surface area contributed by atoms with Crippen molar-refractivity contribution in [2.75, 3.05) is 6.61 Å². The van der Waals surface area contributed by atoms with Gasteiger partial charge < -0.3 is 4.74 Å². The highest BCUT2D eigenvalue weighted by atomic mass is 16.5. The number of esters is 1. The van der Waals surface area contributed by atoms with Gasteiger partial charge in [0.15, 0.2) is 0 Å². The van der Waals surface area contributed by atoms with Crippen LogP contribution in [0.15, 0.2) is 24.3 Å². The summed E-state index contributed by atoms with van der Waals surface area (Å²) in [6.07, 6.45) is 12.7. The minimum Gasteiger partial charge on any atom is -0.462 e. The lowest BCUT2D eigenvalue weighted by Gasteiger charge is -2.28. The van der Waals surface area contributed by atoms with Gasteiger partial charge in [0, 0.05) is 0 Å². The van der Waals surface area contributed by atoms with Crippen LogP contribution in [0, 0.1) is 5.92 Å². The molecule has 1 fully saturated rings. The molecule has 0 bridgehead atoms. The average molecular weight is 331 g/mol. The number of carbonyl (C=O) groups excluding carboxylic acids is 1. The maximum Gasteiger partial charge on any atom is 0.338 e. The van der Waals surface area contributed by atoms with Gasteiger partial charge in [0.05, 0.1) is 12.2 Å². The Morgan fingerprint density at radius 3 is 2.25 bits per heavy atom. The van der Waals surface area contributed by atoms with Crippen molar-refractivity contribution in [2.45, 2.75) is 84.0 Å². The molecule has 1 aromatic rings. The number of hydrogen-bond donors (Lipinski definition) is 0. The Labute approximate surface area is 148 Å². The number of carbonyl (C=O) groups is 1. The van der Waals surface area contributed by atoms with Gasteiger partial charge >= 0.3 is 5.97 Å². The second kappa shape index (κ2) is 10.5. The molecule has 0 radical (unpaired) electrons. The third-order valence-corrected chi connectivity index (χ3v) is 5.41. The molecule has 1 aliphatic rings. The largest absolute Gasteiger partial charge is 0.462 e. The van der Waals surface area contributed by atoms with Crippen LogP contribution in [-0.4, -0.2) is 12.6 Å². The third-order valence-electron chi connectivity index (χ3n) is 5.41. The Morgan fingerprint density at radius 1 is 0.958 bits per heavy atom. The number of hydrogen-bond acceptors (Lipinski definition) is 2. The Morgan fingerprint density at radius 2 is 1.62 bits per heavy atom. The summed E-state index contributed by atoms with van der Waals surface area (Å²) in [5.74, 6) is 1.44. The van der Waals surface area contributed by atoms with Gasteiger partial charge in [-0.2, -0.15) is 0 Å². The summed E-state index contributed by atoms with van der Waals surface area (Å²) >= 11 is 0. The van der Waals surface area contributed by atoms with Gasteiger partial charge in [0.1, 0.15) is 0 Å². The smallest absolute Gasteiger partial charge is 0.338 e. The van der Waals surface area contributed by atoms with Gasteiger partial charge in [-0.25, -0.2) is 4.79 Å². The first kappa shape index (κ1) is 19.0. The summed E-state index contributed by atoms with van der Waals surface area (Å²) in [4.78, 5) is 12.0. The fourth-order valence-electron chi connectivity index (χ4n) is 3.77. The van der Waals surface area contributed by atoms with E-state index in [0.29, 0.717) is 18.1 Å². The summed E-state index contributed by atoms with van der Waals surface area (Å²) in [5.41, 5.74) is 2.08. The minimum absolute atomic E-state index is 0.180. The molecule has 0 atom stereocenters. The topological polar surface area (TPSA) is 26.3 Å². The van der Waals surface area contributed by atoms with Gasteiger partial charge in [-0.05, 0) is 61.6 Å². The van der Waals surface area contributed by atoms with E-state index in [-0.39, 0.29) is 5.97 Å². The monoisotopic (exact) mass is 330 g/mol. The third kappa shape index (κ3) is 5.96. The molecule has 1 saturated carbocycles. The Balaban J connectivity index is 1.78. The van der Waals surface area contributed by atoms with Crippen LogP contribution in [0.25, 0.3) is 0 Å².